The molecule has 2 heterocycles. The Hall–Kier alpha value is -2.72. The highest BCUT2D eigenvalue weighted by Crippen LogP contribution is 2.36. The van der Waals surface area contributed by atoms with Crippen LogP contribution >= 0.6 is 23.2 Å². The summed E-state index contributed by atoms with van der Waals surface area (Å²) in [4.78, 5) is 39.4. The van der Waals surface area contributed by atoms with Gasteiger partial charge in [-0.2, -0.15) is 0 Å². The molecule has 0 fully saturated rings. The number of H-pyrrole nitrogens is 2. The molecule has 12 heteroatoms. The fourth-order valence-corrected chi connectivity index (χ4v) is 2.53. The third kappa shape index (κ3) is 2.65. The zero-order valence-electron chi connectivity index (χ0n) is 12.0. The van der Waals surface area contributed by atoms with Gasteiger partial charge in [0.25, 0.3) is 0 Å². The maximum Gasteiger partial charge on any atom is 0.327 e. The Kier molecular flexibility index (Phi) is 4.08. The van der Waals surface area contributed by atoms with Crippen molar-refractivity contribution in [2.75, 3.05) is 7.11 Å². The maximum atomic E-state index is 11.7. The van der Waals surface area contributed by atoms with E-state index in [1.165, 1.54) is 13.2 Å². The molecule has 24 heavy (non-hydrogen) atoms. The Morgan fingerprint density at radius 3 is 2.71 bits per heavy atom. The van der Waals surface area contributed by atoms with Crippen LogP contribution in [-0.2, 0) is 16.1 Å². The van der Waals surface area contributed by atoms with Crippen molar-refractivity contribution in [1.82, 2.24) is 30.2 Å². The monoisotopic (exact) mass is 370 g/mol. The molecule has 0 bridgehead atoms. The van der Waals surface area contributed by atoms with Crippen molar-refractivity contribution in [3.05, 3.63) is 36.8 Å². The second-order valence-electron chi connectivity index (χ2n) is 4.61. The Morgan fingerprint density at radius 1 is 1.29 bits per heavy atom. The average Bonchev–Trinajstić information content (AvgIpc) is 2.98. The number of ether oxygens (including phenoxy) is 1. The highest BCUT2D eigenvalue weighted by Gasteiger charge is 2.21. The second-order valence-corrected chi connectivity index (χ2v) is 5.40. The van der Waals surface area contributed by atoms with E-state index in [9.17, 15) is 14.4 Å². The maximum absolute atomic E-state index is 11.7. The van der Waals surface area contributed by atoms with Crippen molar-refractivity contribution >= 4 is 40.2 Å². The predicted octanol–water partition coefficient (Wildman–Crippen LogP) is 0.350. The minimum absolute atomic E-state index is 0.0489. The largest absolute Gasteiger partial charge is 0.468 e. The predicted molar refractivity (Wildman–Crippen MR) is 84.0 cm³/mol. The molecule has 1 aromatic carbocycles. The van der Waals surface area contributed by atoms with E-state index in [4.69, 9.17) is 23.2 Å². The Bertz CT molecular complexity index is 1070. The first kappa shape index (κ1) is 16.1. The van der Waals surface area contributed by atoms with Crippen molar-refractivity contribution in [2.24, 2.45) is 0 Å². The number of carbonyl (C=O) groups is 1. The van der Waals surface area contributed by atoms with E-state index in [0.717, 1.165) is 4.68 Å². The molecular weight excluding hydrogens is 363 g/mol. The van der Waals surface area contributed by atoms with Gasteiger partial charge in [0.1, 0.15) is 6.54 Å². The van der Waals surface area contributed by atoms with Crippen LogP contribution in [0.3, 0.4) is 0 Å². The molecule has 0 radical (unpaired) electrons. The van der Waals surface area contributed by atoms with Crippen LogP contribution in [0.2, 0.25) is 10.0 Å². The van der Waals surface area contributed by atoms with Crippen LogP contribution in [-0.4, -0.2) is 43.3 Å². The molecular formula is C12H8Cl2N6O4. The van der Waals surface area contributed by atoms with Crippen LogP contribution in [0.15, 0.2) is 15.7 Å². The van der Waals surface area contributed by atoms with Crippen molar-refractivity contribution < 1.29 is 9.53 Å². The van der Waals surface area contributed by atoms with Gasteiger partial charge in [-0.25, -0.2) is 4.68 Å². The molecule has 10 nitrogen and oxygen atoms in total. The van der Waals surface area contributed by atoms with Gasteiger partial charge in [0, 0.05) is 0 Å². The normalized spacial score (nSPS) is 11.0. The van der Waals surface area contributed by atoms with Gasteiger partial charge < -0.3 is 14.7 Å². The van der Waals surface area contributed by atoms with Gasteiger partial charge in [-0.1, -0.05) is 23.2 Å². The number of nitrogens with one attached hydrogen (secondary N) is 2. The number of benzene rings is 1. The fourth-order valence-electron chi connectivity index (χ4n) is 2.09. The number of hydrogen-bond donors (Lipinski definition) is 2. The zero-order chi connectivity index (χ0) is 17.4. The fraction of sp³-hybridized carbons (Fsp3) is 0.167. The quantitative estimate of drug-likeness (QED) is 0.501. The summed E-state index contributed by atoms with van der Waals surface area (Å²) in [6, 6.07) is 1.38. The van der Waals surface area contributed by atoms with E-state index in [2.05, 4.69) is 30.2 Å². The number of aromatic amines is 2. The van der Waals surface area contributed by atoms with E-state index in [1.807, 2.05) is 0 Å². The molecule has 0 aliphatic carbocycles. The van der Waals surface area contributed by atoms with Crippen LogP contribution in [0.5, 0.6) is 0 Å². The first-order valence-electron chi connectivity index (χ1n) is 6.40. The van der Waals surface area contributed by atoms with Crippen LogP contribution in [0.25, 0.3) is 22.4 Å². The van der Waals surface area contributed by atoms with Crippen LogP contribution in [0.4, 0.5) is 0 Å². The Labute approximate surface area is 142 Å². The number of aromatic nitrogens is 6. The molecule has 0 saturated heterocycles. The minimum Gasteiger partial charge on any atom is -0.468 e. The lowest BCUT2D eigenvalue weighted by atomic mass is 10.1. The first-order valence-corrected chi connectivity index (χ1v) is 7.15. The third-order valence-electron chi connectivity index (χ3n) is 3.17. The lowest BCUT2D eigenvalue weighted by Crippen LogP contribution is -2.29. The topological polar surface area (TPSA) is 136 Å². The van der Waals surface area contributed by atoms with Crippen LogP contribution in [0, 0.1) is 0 Å². The molecule has 2 aromatic heterocycles. The molecule has 0 unspecified atom stereocenters. The molecule has 0 atom stereocenters. The van der Waals surface area contributed by atoms with Crippen molar-refractivity contribution in [3.63, 3.8) is 0 Å². The lowest BCUT2D eigenvalue weighted by molar-refractivity contribution is -0.141. The van der Waals surface area contributed by atoms with Gasteiger partial charge in [-0.15, -0.1) is 5.10 Å². The summed E-state index contributed by atoms with van der Waals surface area (Å²) >= 11 is 12.3. The average molecular weight is 371 g/mol. The molecule has 0 aliphatic heterocycles. The molecule has 0 aliphatic rings. The smallest absolute Gasteiger partial charge is 0.327 e. The Morgan fingerprint density at radius 2 is 2.00 bits per heavy atom. The number of hydrogen-bond acceptors (Lipinski definition) is 7. The number of tetrazole rings is 1. The van der Waals surface area contributed by atoms with E-state index in [-0.39, 0.29) is 39.0 Å². The van der Waals surface area contributed by atoms with Gasteiger partial charge in [-0.05, 0) is 16.5 Å². The first-order chi connectivity index (χ1) is 11.4. The molecule has 3 rings (SSSR count). The van der Waals surface area contributed by atoms with Crippen molar-refractivity contribution in [1.29, 1.82) is 0 Å². The van der Waals surface area contributed by atoms with Gasteiger partial charge >= 0.3 is 17.1 Å². The van der Waals surface area contributed by atoms with Crippen molar-refractivity contribution in [2.45, 2.75) is 6.54 Å². The second kappa shape index (κ2) is 6.06. The van der Waals surface area contributed by atoms with Gasteiger partial charge in [-0.3, -0.25) is 14.4 Å². The van der Waals surface area contributed by atoms with E-state index in [1.54, 1.807) is 0 Å². The van der Waals surface area contributed by atoms with Gasteiger partial charge in [0.05, 0.1) is 33.8 Å². The number of rotatable bonds is 3. The third-order valence-corrected chi connectivity index (χ3v) is 3.96. The molecule has 0 spiro atoms. The SMILES string of the molecule is COC(=O)Cn1nnnc1-c1c(Cl)c(Cl)cc2[nH]c(=O)c(=O)[nH]c12. The molecule has 0 amide bonds. The molecule has 2 N–H and O–H groups in total. The standard InChI is InChI=1S/C12H8Cl2N6O4/c1-24-6(21)3-20-10(17-18-19-20)7-8(14)4(13)2-5-9(7)16-12(23)11(22)15-5/h2H,3H2,1H3,(H,15,22)(H,16,23). The molecule has 3 aromatic rings. The van der Waals surface area contributed by atoms with E-state index in [0.29, 0.717) is 0 Å². The summed E-state index contributed by atoms with van der Waals surface area (Å²) < 4.78 is 5.70. The Balaban J connectivity index is 2.34. The number of fused-ring (bicyclic) bond motifs is 1. The number of halogens is 2. The van der Waals surface area contributed by atoms with Crippen molar-refractivity contribution in [3.8, 4) is 11.4 Å². The molecule has 0 saturated carbocycles. The minimum atomic E-state index is -0.880. The van der Waals surface area contributed by atoms with E-state index < -0.39 is 17.1 Å². The number of esters is 1. The van der Waals surface area contributed by atoms with Gasteiger partial charge in [0.15, 0.2) is 5.82 Å². The molecule has 124 valence electrons. The highest BCUT2D eigenvalue weighted by molar-refractivity contribution is 6.45. The zero-order valence-corrected chi connectivity index (χ0v) is 13.5. The van der Waals surface area contributed by atoms with Gasteiger partial charge in [0.2, 0.25) is 0 Å². The van der Waals surface area contributed by atoms with Crippen LogP contribution < -0.4 is 11.1 Å². The summed E-state index contributed by atoms with van der Waals surface area (Å²) in [5.41, 5.74) is -1.15. The summed E-state index contributed by atoms with van der Waals surface area (Å²) in [5, 5.41) is 11.1. The van der Waals surface area contributed by atoms with Crippen LogP contribution in [0.1, 0.15) is 0 Å². The summed E-state index contributed by atoms with van der Waals surface area (Å²) in [6.07, 6.45) is 0. The summed E-state index contributed by atoms with van der Waals surface area (Å²) in [5.74, 6) is -0.520. The number of methoxy groups -OCH3 is 1. The van der Waals surface area contributed by atoms with E-state index >= 15 is 0 Å². The number of nitrogens with zero attached hydrogens (tertiary/aromatic N) is 4. The lowest BCUT2D eigenvalue weighted by Gasteiger charge is -2.10. The summed E-state index contributed by atoms with van der Waals surface area (Å²) in [6.45, 7) is -0.281. The summed E-state index contributed by atoms with van der Waals surface area (Å²) in [7, 11) is 1.22. The highest BCUT2D eigenvalue weighted by atomic mass is 35.5. The number of carbonyl (C=O) groups excluding carboxylic acids is 1.